The highest BCUT2D eigenvalue weighted by Crippen LogP contribution is 2.29. The highest BCUT2D eigenvalue weighted by molar-refractivity contribution is 5.56. The first kappa shape index (κ1) is 16.1. The number of benzene rings is 1. The summed E-state index contributed by atoms with van der Waals surface area (Å²) in [4.78, 5) is 0. The van der Waals surface area contributed by atoms with Gasteiger partial charge in [0.25, 0.3) is 0 Å². The largest absolute Gasteiger partial charge is 0.381 e. The van der Waals surface area contributed by atoms with Gasteiger partial charge in [-0.2, -0.15) is 5.10 Å². The maximum Gasteiger partial charge on any atom is 0.133 e. The van der Waals surface area contributed by atoms with Crippen LogP contribution >= 0.6 is 0 Å². The Morgan fingerprint density at radius 1 is 1.22 bits per heavy atom. The Hall–Kier alpha value is -1.81. The summed E-state index contributed by atoms with van der Waals surface area (Å²) in [6, 6.07) is 8.57. The molecule has 0 radical (unpaired) electrons. The lowest BCUT2D eigenvalue weighted by Crippen LogP contribution is -2.09. The van der Waals surface area contributed by atoms with E-state index in [0.717, 1.165) is 39.0 Å². The maximum absolute atomic E-state index is 5.55. The fourth-order valence-electron chi connectivity index (χ4n) is 3.28. The molecular weight excluding hydrogens is 286 g/mol. The van der Waals surface area contributed by atoms with Crippen LogP contribution in [0.2, 0.25) is 0 Å². The van der Waals surface area contributed by atoms with Crippen LogP contribution in [-0.4, -0.2) is 29.5 Å². The topological polar surface area (TPSA) is 39.1 Å². The predicted octanol–water partition coefficient (Wildman–Crippen LogP) is 3.76. The van der Waals surface area contributed by atoms with Crippen molar-refractivity contribution in [2.45, 2.75) is 46.0 Å². The molecule has 0 fully saturated rings. The van der Waals surface area contributed by atoms with Crippen LogP contribution in [0.5, 0.6) is 0 Å². The normalized spacial score (nSPS) is 14.2. The van der Waals surface area contributed by atoms with Gasteiger partial charge in [-0.1, -0.05) is 25.1 Å². The van der Waals surface area contributed by atoms with Gasteiger partial charge in [0.1, 0.15) is 5.82 Å². The van der Waals surface area contributed by atoms with Gasteiger partial charge in [0.05, 0.1) is 18.0 Å². The number of rotatable bonds is 6. The summed E-state index contributed by atoms with van der Waals surface area (Å²) in [5.74, 6) is 1.19. The van der Waals surface area contributed by atoms with Crippen molar-refractivity contribution < 1.29 is 4.74 Å². The average Bonchev–Trinajstić information content (AvgIpc) is 2.76. The van der Waals surface area contributed by atoms with Crippen molar-refractivity contribution in [3.05, 3.63) is 41.1 Å². The zero-order valence-corrected chi connectivity index (χ0v) is 14.3. The van der Waals surface area contributed by atoms with E-state index in [-0.39, 0.29) is 0 Å². The summed E-state index contributed by atoms with van der Waals surface area (Å²) < 4.78 is 7.68. The number of nitrogens with zero attached hydrogens (tertiary/aromatic N) is 2. The van der Waals surface area contributed by atoms with E-state index in [2.05, 4.69) is 41.2 Å². The number of anilines is 1. The lowest BCUT2D eigenvalue weighted by Gasteiger charge is -2.12. The van der Waals surface area contributed by atoms with Crippen molar-refractivity contribution in [3.8, 4) is 5.69 Å². The third-order valence-corrected chi connectivity index (χ3v) is 4.50. The number of fused-ring (bicyclic) bond motifs is 1. The number of hydrogen-bond donors (Lipinski definition) is 1. The summed E-state index contributed by atoms with van der Waals surface area (Å²) in [7, 11) is 0. The second kappa shape index (κ2) is 7.64. The molecule has 3 rings (SSSR count). The Balaban J connectivity index is 2.02. The lowest BCUT2D eigenvalue weighted by atomic mass is 10.1. The second-order valence-corrected chi connectivity index (χ2v) is 6.00. The van der Waals surface area contributed by atoms with Crippen LogP contribution in [0.3, 0.4) is 0 Å². The van der Waals surface area contributed by atoms with Crippen molar-refractivity contribution >= 4 is 5.82 Å². The van der Waals surface area contributed by atoms with Crippen LogP contribution in [0.25, 0.3) is 5.69 Å². The average molecular weight is 313 g/mol. The molecule has 0 aliphatic carbocycles. The van der Waals surface area contributed by atoms with Crippen LogP contribution in [0.15, 0.2) is 24.3 Å². The van der Waals surface area contributed by atoms with Crippen LogP contribution in [0, 0.1) is 0 Å². The minimum Gasteiger partial charge on any atom is -0.381 e. The first-order chi connectivity index (χ1) is 11.3. The molecule has 0 spiro atoms. The predicted molar refractivity (Wildman–Crippen MR) is 94.6 cm³/mol. The maximum atomic E-state index is 5.55. The van der Waals surface area contributed by atoms with E-state index >= 15 is 0 Å². The number of nitrogens with one attached hydrogen (secondary N) is 1. The van der Waals surface area contributed by atoms with Crippen molar-refractivity contribution in [3.63, 3.8) is 0 Å². The third kappa shape index (κ3) is 3.42. The van der Waals surface area contributed by atoms with Gasteiger partial charge >= 0.3 is 0 Å². The smallest absolute Gasteiger partial charge is 0.133 e. The summed E-state index contributed by atoms with van der Waals surface area (Å²) in [6.45, 7) is 6.77. The van der Waals surface area contributed by atoms with Crippen molar-refractivity contribution in [2.24, 2.45) is 0 Å². The first-order valence-electron chi connectivity index (χ1n) is 8.85. The summed E-state index contributed by atoms with van der Waals surface area (Å²) in [5.41, 5.74) is 5.10. The monoisotopic (exact) mass is 313 g/mol. The Kier molecular flexibility index (Phi) is 5.34. The molecular formula is C19H27N3O. The molecule has 2 aromatic rings. The Bertz CT molecular complexity index is 648. The Morgan fingerprint density at radius 2 is 2.09 bits per heavy atom. The van der Waals surface area contributed by atoms with Crippen molar-refractivity contribution in [1.29, 1.82) is 0 Å². The Labute approximate surface area is 138 Å². The van der Waals surface area contributed by atoms with Gasteiger partial charge in [0.15, 0.2) is 0 Å². The number of hydrogen-bond acceptors (Lipinski definition) is 3. The molecule has 2 heterocycles. The zero-order chi connectivity index (χ0) is 16.1. The highest BCUT2D eigenvalue weighted by atomic mass is 16.5. The number of ether oxygens (including phenoxy) is 1. The molecule has 0 saturated heterocycles. The molecule has 1 aliphatic heterocycles. The second-order valence-electron chi connectivity index (χ2n) is 6.00. The minimum absolute atomic E-state index is 0.745. The third-order valence-electron chi connectivity index (χ3n) is 4.50. The van der Waals surface area contributed by atoms with E-state index in [1.54, 1.807) is 0 Å². The van der Waals surface area contributed by atoms with E-state index in [9.17, 15) is 0 Å². The fourth-order valence-corrected chi connectivity index (χ4v) is 3.28. The molecule has 0 saturated carbocycles. The van der Waals surface area contributed by atoms with Gasteiger partial charge in [-0.15, -0.1) is 0 Å². The molecule has 23 heavy (non-hydrogen) atoms. The molecule has 0 bridgehead atoms. The van der Waals surface area contributed by atoms with Gasteiger partial charge in [-0.25, -0.2) is 4.68 Å². The lowest BCUT2D eigenvalue weighted by molar-refractivity contribution is 0.150. The number of aryl methyl sites for hydroxylation is 1. The molecule has 0 atom stereocenters. The molecule has 4 nitrogen and oxygen atoms in total. The summed E-state index contributed by atoms with van der Waals surface area (Å²) in [6.07, 6.45) is 5.45. The molecule has 1 N–H and O–H groups in total. The van der Waals surface area contributed by atoms with Crippen LogP contribution in [0.4, 0.5) is 5.82 Å². The van der Waals surface area contributed by atoms with Gasteiger partial charge in [0.2, 0.25) is 0 Å². The van der Waals surface area contributed by atoms with Gasteiger partial charge in [-0.05, 0) is 44.2 Å². The van der Waals surface area contributed by atoms with E-state index in [1.165, 1.54) is 41.2 Å². The molecule has 1 aromatic carbocycles. The first-order valence-corrected chi connectivity index (χ1v) is 8.85. The van der Waals surface area contributed by atoms with E-state index in [4.69, 9.17) is 9.84 Å². The summed E-state index contributed by atoms with van der Waals surface area (Å²) >= 11 is 0. The van der Waals surface area contributed by atoms with Gasteiger partial charge < -0.3 is 10.1 Å². The van der Waals surface area contributed by atoms with Gasteiger partial charge in [-0.3, -0.25) is 0 Å². The van der Waals surface area contributed by atoms with Crippen molar-refractivity contribution in [2.75, 3.05) is 25.1 Å². The van der Waals surface area contributed by atoms with E-state index < -0.39 is 0 Å². The van der Waals surface area contributed by atoms with Crippen LogP contribution in [0.1, 0.15) is 43.5 Å². The van der Waals surface area contributed by atoms with E-state index in [0.29, 0.717) is 0 Å². The highest BCUT2D eigenvalue weighted by Gasteiger charge is 2.21. The van der Waals surface area contributed by atoms with Crippen LogP contribution in [-0.2, 0) is 24.0 Å². The van der Waals surface area contributed by atoms with Gasteiger partial charge in [0, 0.05) is 25.1 Å². The Morgan fingerprint density at radius 3 is 2.91 bits per heavy atom. The molecule has 4 heteroatoms. The SMILES string of the molecule is CCOCCc1nn(-c2ccccc2CC)c2c1CCCCN2. The standard InChI is InChI=1S/C19H27N3O/c1-3-15-9-5-6-11-18(15)22-19-16(10-7-8-13-20-19)17(21-22)12-14-23-4-2/h5-6,9,11,20H,3-4,7-8,10,12-14H2,1-2H3. The zero-order valence-electron chi connectivity index (χ0n) is 14.3. The van der Waals surface area contributed by atoms with Crippen LogP contribution < -0.4 is 5.32 Å². The van der Waals surface area contributed by atoms with Crippen molar-refractivity contribution in [1.82, 2.24) is 9.78 Å². The summed E-state index contributed by atoms with van der Waals surface area (Å²) in [5, 5.41) is 8.57. The number of aromatic nitrogens is 2. The quantitative estimate of drug-likeness (QED) is 0.825. The minimum atomic E-state index is 0.745. The molecule has 124 valence electrons. The fraction of sp³-hybridized carbons (Fsp3) is 0.526. The molecule has 0 amide bonds. The molecule has 0 unspecified atom stereocenters. The van der Waals surface area contributed by atoms with E-state index in [1.807, 2.05) is 6.92 Å². The molecule has 1 aromatic heterocycles. The number of para-hydroxylation sites is 1. The molecule has 1 aliphatic rings.